The molecule has 0 aliphatic carbocycles. The monoisotopic (exact) mass is 1610 g/mol. The number of aromatic nitrogens is 2. The fraction of sp³-hybridized carbons (Fsp3) is 0.466. The molecule has 116 heavy (non-hydrogen) atoms. The molecule has 9 N–H and O–H groups in total. The highest BCUT2D eigenvalue weighted by atomic mass is 32.2. The molecule has 4 saturated heterocycles. The molecule has 604 valence electrons. The van der Waals surface area contributed by atoms with Gasteiger partial charge in [-0.1, -0.05) is 48.0 Å². The van der Waals surface area contributed by atoms with Crippen LogP contribution < -0.4 is 50.1 Å². The normalized spacial score (nSPS) is 29.5. The molecule has 22 rings (SSSR count). The van der Waals surface area contributed by atoms with Crippen LogP contribution >= 0.6 is 23.5 Å². The second-order valence-electron chi connectivity index (χ2n) is 33.5. The summed E-state index contributed by atoms with van der Waals surface area (Å²) in [5.74, 6) is 3.50. The molecular formula is C88H96N12O14S2. The Kier molecular flexibility index (Phi) is 18.5. The number of fused-ring (bicyclic) bond motifs is 22. The van der Waals surface area contributed by atoms with Gasteiger partial charge in [-0.05, 0) is 186 Å². The number of methoxy groups -OCH3 is 2. The molecule has 16 heterocycles. The molecule has 0 unspecified atom stereocenters. The second-order valence-corrected chi connectivity index (χ2v) is 35.8. The van der Waals surface area contributed by atoms with E-state index in [4.69, 9.17) is 48.4 Å². The minimum Gasteiger partial charge on any atom is -0.504 e. The summed E-state index contributed by atoms with van der Waals surface area (Å²) >= 11 is 3.33. The lowest BCUT2D eigenvalue weighted by molar-refractivity contribution is -0.158. The molecule has 28 heteroatoms. The number of thioether (sulfide) groups is 2. The molecule has 14 aliphatic rings. The minimum absolute atomic E-state index is 0.0131. The third-order valence-corrected chi connectivity index (χ3v) is 30.6. The number of phenolic OH excluding ortho intramolecular Hbond substituents is 2. The largest absolute Gasteiger partial charge is 0.504 e. The van der Waals surface area contributed by atoms with Crippen molar-refractivity contribution >= 4 is 63.4 Å². The topological polar surface area (TPSA) is 329 Å². The van der Waals surface area contributed by atoms with Crippen LogP contribution in [0.25, 0.3) is 21.8 Å². The Hall–Kier alpha value is -9.85. The van der Waals surface area contributed by atoms with Gasteiger partial charge in [0.15, 0.2) is 57.1 Å². The average molecular weight is 1610 g/mol. The molecule has 2 spiro atoms. The first kappa shape index (κ1) is 76.1. The van der Waals surface area contributed by atoms with Crippen LogP contribution in [0.4, 0.5) is 4.79 Å². The zero-order valence-corrected chi connectivity index (χ0v) is 68.7. The maximum absolute atomic E-state index is 15.3. The number of piperazine rings is 2. The van der Waals surface area contributed by atoms with Gasteiger partial charge in [0.2, 0.25) is 13.6 Å². The van der Waals surface area contributed by atoms with Crippen LogP contribution in [0.15, 0.2) is 61.2 Å². The zero-order chi connectivity index (χ0) is 80.9. The van der Waals surface area contributed by atoms with E-state index in [0.717, 1.165) is 133 Å². The zero-order valence-electron chi connectivity index (χ0n) is 67.0. The maximum atomic E-state index is 15.3. The maximum Gasteiger partial charge on any atom is 0.407 e. The Bertz CT molecular complexity index is 5640. The van der Waals surface area contributed by atoms with E-state index in [0.29, 0.717) is 72.5 Å². The van der Waals surface area contributed by atoms with Crippen LogP contribution in [0.5, 0.6) is 46.0 Å². The summed E-state index contributed by atoms with van der Waals surface area (Å²) < 4.78 is 55.0. The van der Waals surface area contributed by atoms with E-state index in [-0.39, 0.29) is 122 Å². The Labute approximate surface area is 680 Å². The van der Waals surface area contributed by atoms with E-state index in [9.17, 15) is 25.5 Å². The molecule has 8 bridgehead atoms. The summed E-state index contributed by atoms with van der Waals surface area (Å²) in [6, 6.07) is 17.6. The van der Waals surface area contributed by atoms with E-state index in [1.807, 2.05) is 32.9 Å². The Balaban J connectivity index is 0.000000156. The van der Waals surface area contributed by atoms with E-state index in [1.165, 1.54) is 6.08 Å². The average Bonchev–Trinajstić information content (AvgIpc) is 0.870. The van der Waals surface area contributed by atoms with E-state index in [1.54, 1.807) is 37.7 Å². The van der Waals surface area contributed by atoms with Crippen molar-refractivity contribution in [2.75, 3.05) is 86.3 Å². The second kappa shape index (κ2) is 28.2. The number of aromatic hydroxyl groups is 2. The van der Waals surface area contributed by atoms with E-state index in [2.05, 4.69) is 149 Å². The summed E-state index contributed by atoms with van der Waals surface area (Å²) in [4.78, 5) is 59.5. The number of nitrogens with zero attached hydrogens (tertiary/aromatic N) is 6. The number of phenols is 2. The van der Waals surface area contributed by atoms with Crippen molar-refractivity contribution in [1.29, 1.82) is 10.5 Å². The van der Waals surface area contributed by atoms with Gasteiger partial charge in [0.1, 0.15) is 31.9 Å². The molecule has 4 fully saturated rings. The lowest BCUT2D eigenvalue weighted by atomic mass is 9.71. The number of benzene rings is 6. The Morgan fingerprint density at radius 1 is 0.621 bits per heavy atom. The fourth-order valence-electron chi connectivity index (χ4n) is 22.4. The number of carbonyl (C=O) groups is 3. The molecule has 1 amide bonds. The van der Waals surface area contributed by atoms with E-state index < -0.39 is 47.3 Å². The van der Waals surface area contributed by atoms with Gasteiger partial charge in [0.25, 0.3) is 0 Å². The van der Waals surface area contributed by atoms with Gasteiger partial charge in [-0.2, -0.15) is 10.5 Å². The summed E-state index contributed by atoms with van der Waals surface area (Å²) in [7, 11) is 7.30. The van der Waals surface area contributed by atoms with Crippen LogP contribution in [-0.4, -0.2) is 192 Å². The van der Waals surface area contributed by atoms with Gasteiger partial charge >= 0.3 is 18.0 Å². The number of H-pyrrole nitrogens is 2. The highest BCUT2D eigenvalue weighted by Gasteiger charge is 2.65. The van der Waals surface area contributed by atoms with E-state index >= 15 is 9.59 Å². The Morgan fingerprint density at radius 2 is 1.06 bits per heavy atom. The van der Waals surface area contributed by atoms with Crippen LogP contribution in [0, 0.1) is 78.1 Å². The summed E-state index contributed by atoms with van der Waals surface area (Å²) in [6.07, 6.45) is 3.25. The number of carbonyl (C=O) groups excluding carboxylic acids is 3. The molecule has 14 aliphatic heterocycles. The first-order valence-electron chi connectivity index (χ1n) is 39.9. The predicted molar refractivity (Wildman–Crippen MR) is 436 cm³/mol. The van der Waals surface area contributed by atoms with Crippen LogP contribution in [-0.2, 0) is 60.6 Å². The first-order chi connectivity index (χ1) is 55.9. The van der Waals surface area contributed by atoms with Crippen molar-refractivity contribution in [2.24, 2.45) is 5.73 Å². The number of nitrogens with one attached hydrogen (secondary N) is 5. The van der Waals surface area contributed by atoms with Crippen LogP contribution in [0.3, 0.4) is 0 Å². The number of aryl methyl sites for hydroxylation is 4. The number of esters is 2. The number of hydrogen-bond donors (Lipinski definition) is 8. The molecule has 26 nitrogen and oxygen atoms in total. The van der Waals surface area contributed by atoms with Gasteiger partial charge in [0.05, 0.1) is 61.9 Å². The number of ether oxygens (including phenoxy) is 9. The predicted octanol–water partition coefficient (Wildman–Crippen LogP) is 10.5. The molecule has 0 radical (unpaired) electrons. The van der Waals surface area contributed by atoms with Gasteiger partial charge in [-0.3, -0.25) is 30.2 Å². The highest BCUT2D eigenvalue weighted by Crippen LogP contribution is 2.67. The molecule has 8 aromatic rings. The number of amides is 1. The fourth-order valence-corrected chi connectivity index (χ4v) is 25.9. The molecule has 16 atom stereocenters. The van der Waals surface area contributed by atoms with Crippen molar-refractivity contribution in [2.45, 2.75) is 175 Å². The summed E-state index contributed by atoms with van der Waals surface area (Å²) in [5, 5.41) is 58.5. The molecule has 6 aromatic carbocycles. The van der Waals surface area contributed by atoms with Crippen molar-refractivity contribution in [1.82, 2.24) is 45.5 Å². The summed E-state index contributed by atoms with van der Waals surface area (Å²) in [5.41, 5.74) is 24.9. The third-order valence-electron chi connectivity index (χ3n) is 27.7. The minimum atomic E-state index is -1.38. The van der Waals surface area contributed by atoms with Gasteiger partial charge in [0, 0.05) is 115 Å². The lowest BCUT2D eigenvalue weighted by Crippen LogP contribution is -2.70. The lowest BCUT2D eigenvalue weighted by Gasteiger charge is -2.62. The number of aromatic amines is 2. The number of nitriles is 2. The molecular weight excluding hydrogens is 1510 g/mol. The number of hydrogen-bond acceptors (Lipinski definition) is 25. The smallest absolute Gasteiger partial charge is 0.407 e. The van der Waals surface area contributed by atoms with Crippen molar-refractivity contribution in [3.63, 3.8) is 0 Å². The number of rotatable bonds is 7. The van der Waals surface area contributed by atoms with Crippen LogP contribution in [0.2, 0.25) is 0 Å². The first-order valence-corrected chi connectivity index (χ1v) is 42.0. The van der Waals surface area contributed by atoms with Gasteiger partial charge < -0.3 is 73.9 Å². The standard InChI is InChI=1S/C46H50N6O8S.C42H46N6O6S/c1-8-11-57-45(55)48-17-26-15-28-27-12-21(2)9-10-29(27)49-43(28)46(50-26)19-61-42-33-23(4)24(5)40-41(60-20-59-40)35(33)32(18-58-44(46)54)52-31(16-47)30-14-25-13-22(3)39(56-7)38(53)34(25)36(37(42)52)51(30)6;1-18-7-8-26-24(9-18)25-12-23(13-43)46-42(40(25)45-26)16-55-39-30-20(3)21(4)37-38(54-17-53-37)32(30)29(15-52-41(42)50)48-28(14-44)27-11-22-10-19(2)36(51-6)35(49)31(22)33(34(39)48)47(27)5/h8-10,12-13,26,30-32,36-37,42,49-50,53H,1,11,14-15,17-20H2,2-7H3,(H,48,55);7-10,23,27-29,33-34,39,45-46,49H,11-13,15-17,43H2,1-6H3/t26-,30+,31+,32+,36-,37-,42-,46-;23-,27+,28+,29+,33-,34-,39-,42-/m11/s1. The number of alkyl carbamates (subject to hydrolysis) is 1. The molecule has 2 aromatic heterocycles. The quantitative estimate of drug-likeness (QED) is 0.0417. The SMILES string of the molecule is C=CCOC(=O)NC[C@H]1Cc2c([nH]c3ccc(C)cc23)[C@@]2(CS[C@@H]3c4c(C)c(C)c5c(c4[C@H](COC2=O)N2[C@@H]3[C@H]3c4c(cc(C)c(OC)c4O)C[C@@H]([C@@H]2C#N)N3C)OCO5)N1.COc1c(C)cc2c(c1O)[C@@H]1[C@@H]3[C@@H]4SC[C@]5(N[C@@H](CN)Cc6c5[nH]c5ccc(C)cc65)C(=O)OC[C@@H](c5c6c(c(C)c(C)c54)OCO6)N3[C@@H](C#N)[C@H](C2)N1C. The number of nitrogens with two attached hydrogens (primary N) is 1. The van der Waals surface area contributed by atoms with Crippen molar-refractivity contribution in [3.05, 3.63) is 173 Å². The van der Waals surface area contributed by atoms with Crippen LogP contribution in [0.1, 0.15) is 146 Å². The van der Waals surface area contributed by atoms with Crippen molar-refractivity contribution < 1.29 is 67.2 Å². The third kappa shape index (κ3) is 10.9. The Morgan fingerprint density at radius 3 is 1.49 bits per heavy atom. The number of likely N-dealkylation sites (N-methyl/N-ethyl adjacent to an activating group) is 2. The van der Waals surface area contributed by atoms with Gasteiger partial charge in [-0.15, -0.1) is 23.5 Å². The molecule has 0 saturated carbocycles. The highest BCUT2D eigenvalue weighted by molar-refractivity contribution is 7.99. The van der Waals surface area contributed by atoms with Gasteiger partial charge in [-0.25, -0.2) is 14.4 Å². The van der Waals surface area contributed by atoms with Crippen molar-refractivity contribution in [3.8, 4) is 58.1 Å². The summed E-state index contributed by atoms with van der Waals surface area (Å²) in [6.45, 7) is 20.7.